The highest BCUT2D eigenvalue weighted by Gasteiger charge is 2.10. The van der Waals surface area contributed by atoms with Crippen molar-refractivity contribution in [3.8, 4) is 0 Å². The van der Waals surface area contributed by atoms with Gasteiger partial charge < -0.3 is 16.8 Å². The lowest BCUT2D eigenvalue weighted by Crippen LogP contribution is -2.17. The van der Waals surface area contributed by atoms with Crippen LogP contribution in [0.15, 0.2) is 54.7 Å². The molecule has 0 spiro atoms. The number of benzene rings is 2. The van der Waals surface area contributed by atoms with Crippen molar-refractivity contribution in [1.29, 1.82) is 0 Å². The van der Waals surface area contributed by atoms with Gasteiger partial charge in [-0.3, -0.25) is 4.79 Å². The van der Waals surface area contributed by atoms with E-state index < -0.39 is 5.91 Å². The number of nitrogen functional groups attached to an aromatic ring is 1. The molecular weight excluding hydrogens is 345 g/mol. The minimum absolute atomic E-state index is 0.0183. The molecule has 0 radical (unpaired) electrons. The highest BCUT2D eigenvalue weighted by atomic mass is 19.1. The molecule has 27 heavy (non-hydrogen) atoms. The Morgan fingerprint density at radius 1 is 1.07 bits per heavy atom. The Bertz CT molecular complexity index is 961. The summed E-state index contributed by atoms with van der Waals surface area (Å²) in [7, 11) is 0. The Labute approximate surface area is 156 Å². The van der Waals surface area contributed by atoms with Crippen LogP contribution in [0, 0.1) is 5.82 Å². The fraction of sp³-hybridized carbons (Fsp3) is 0.150. The van der Waals surface area contributed by atoms with E-state index in [1.807, 2.05) is 30.3 Å². The van der Waals surface area contributed by atoms with Crippen LogP contribution in [0.3, 0.4) is 0 Å². The molecule has 0 saturated heterocycles. The molecule has 0 atom stereocenters. The van der Waals surface area contributed by atoms with Crippen LogP contribution < -0.4 is 16.8 Å². The van der Waals surface area contributed by atoms with E-state index in [2.05, 4.69) is 15.3 Å². The lowest BCUT2D eigenvalue weighted by molar-refractivity contribution is 0.0996. The molecular formula is C20H20FN5O. The summed E-state index contributed by atoms with van der Waals surface area (Å²) in [5, 5.41) is 3.24. The van der Waals surface area contributed by atoms with Gasteiger partial charge in [-0.05, 0) is 17.2 Å². The van der Waals surface area contributed by atoms with Gasteiger partial charge in [0.25, 0.3) is 5.91 Å². The van der Waals surface area contributed by atoms with Crippen LogP contribution in [0.4, 0.5) is 10.2 Å². The zero-order chi connectivity index (χ0) is 19.2. The highest BCUT2D eigenvalue weighted by molar-refractivity contribution is 5.94. The quantitative estimate of drug-likeness (QED) is 0.595. The molecule has 0 unspecified atom stereocenters. The minimum atomic E-state index is -0.701. The maximum Gasteiger partial charge on any atom is 0.271 e. The summed E-state index contributed by atoms with van der Waals surface area (Å²) < 4.78 is 13.6. The molecule has 0 aliphatic heterocycles. The van der Waals surface area contributed by atoms with Crippen molar-refractivity contribution in [2.45, 2.75) is 19.5 Å². The molecule has 7 heteroatoms. The first-order valence-corrected chi connectivity index (χ1v) is 8.46. The van der Waals surface area contributed by atoms with Crippen molar-refractivity contribution in [3.05, 3.63) is 88.6 Å². The zero-order valence-electron chi connectivity index (χ0n) is 14.7. The van der Waals surface area contributed by atoms with E-state index in [0.717, 1.165) is 11.1 Å². The van der Waals surface area contributed by atoms with E-state index in [9.17, 15) is 9.18 Å². The van der Waals surface area contributed by atoms with Gasteiger partial charge in [-0.1, -0.05) is 42.5 Å². The van der Waals surface area contributed by atoms with Gasteiger partial charge in [-0.15, -0.1) is 0 Å². The summed E-state index contributed by atoms with van der Waals surface area (Å²) in [4.78, 5) is 19.5. The number of nitrogens with one attached hydrogen (secondary N) is 1. The summed E-state index contributed by atoms with van der Waals surface area (Å²) in [5.41, 5.74) is 14.2. The van der Waals surface area contributed by atoms with E-state index >= 15 is 0 Å². The standard InChI is InChI=1S/C20H20FN5O/c21-17-7-2-1-6-15(17)11-24-10-14-5-3-4-13(8-14)9-16-12-25-19(22)18(26-16)20(23)27/h1-8,12,24H,9-11H2,(H2,22,25)(H2,23,27). The number of halogens is 1. The second kappa shape index (κ2) is 8.37. The van der Waals surface area contributed by atoms with Crippen molar-refractivity contribution in [2.24, 2.45) is 5.73 Å². The number of carbonyl (C=O) groups is 1. The smallest absolute Gasteiger partial charge is 0.271 e. The van der Waals surface area contributed by atoms with Crippen LogP contribution in [0.2, 0.25) is 0 Å². The predicted molar refractivity (Wildman–Crippen MR) is 101 cm³/mol. The van der Waals surface area contributed by atoms with Gasteiger partial charge in [0.2, 0.25) is 0 Å². The molecule has 2 aromatic carbocycles. The third kappa shape index (κ3) is 4.86. The molecule has 1 amide bonds. The number of amides is 1. The molecule has 0 aliphatic carbocycles. The van der Waals surface area contributed by atoms with Gasteiger partial charge in [0.1, 0.15) is 5.82 Å². The molecule has 0 saturated carbocycles. The van der Waals surface area contributed by atoms with Crippen molar-refractivity contribution < 1.29 is 9.18 Å². The lowest BCUT2D eigenvalue weighted by Gasteiger charge is -2.09. The Balaban J connectivity index is 1.64. The molecule has 0 bridgehead atoms. The maximum atomic E-state index is 13.6. The maximum absolute atomic E-state index is 13.6. The zero-order valence-corrected chi connectivity index (χ0v) is 14.7. The topological polar surface area (TPSA) is 107 Å². The SMILES string of the molecule is NC(=O)c1nc(Cc2cccc(CNCc3ccccc3F)c2)cnc1N. The Morgan fingerprint density at radius 3 is 2.63 bits per heavy atom. The van der Waals surface area contributed by atoms with Crippen LogP contribution in [0.5, 0.6) is 0 Å². The van der Waals surface area contributed by atoms with Gasteiger partial charge in [-0.2, -0.15) is 0 Å². The molecule has 5 N–H and O–H groups in total. The molecule has 3 aromatic rings. The molecule has 138 valence electrons. The molecule has 1 aromatic heterocycles. The van der Waals surface area contributed by atoms with Crippen molar-refractivity contribution in [3.63, 3.8) is 0 Å². The fourth-order valence-corrected chi connectivity index (χ4v) is 2.74. The second-order valence-corrected chi connectivity index (χ2v) is 6.15. The van der Waals surface area contributed by atoms with E-state index in [0.29, 0.717) is 30.8 Å². The largest absolute Gasteiger partial charge is 0.382 e. The molecule has 3 rings (SSSR count). The number of nitrogens with zero attached hydrogens (tertiary/aromatic N) is 2. The van der Waals surface area contributed by atoms with Crippen molar-refractivity contribution in [2.75, 3.05) is 5.73 Å². The summed E-state index contributed by atoms with van der Waals surface area (Å²) in [6, 6.07) is 14.6. The fourth-order valence-electron chi connectivity index (χ4n) is 2.74. The first-order valence-electron chi connectivity index (χ1n) is 8.46. The average Bonchev–Trinajstić information content (AvgIpc) is 2.65. The molecule has 6 nitrogen and oxygen atoms in total. The Morgan fingerprint density at radius 2 is 1.85 bits per heavy atom. The average molecular weight is 365 g/mol. The summed E-state index contributed by atoms with van der Waals surface area (Å²) in [6.07, 6.45) is 2.03. The van der Waals surface area contributed by atoms with Crippen LogP contribution in [-0.4, -0.2) is 15.9 Å². The number of rotatable bonds is 7. The van der Waals surface area contributed by atoms with E-state index in [1.165, 1.54) is 12.3 Å². The molecule has 0 aliphatic rings. The Kier molecular flexibility index (Phi) is 5.73. The summed E-state index contributed by atoms with van der Waals surface area (Å²) in [6.45, 7) is 1.05. The third-order valence-electron chi connectivity index (χ3n) is 4.06. The van der Waals surface area contributed by atoms with Gasteiger partial charge in [0, 0.05) is 25.1 Å². The Hall–Kier alpha value is -3.32. The van der Waals surface area contributed by atoms with Crippen molar-refractivity contribution in [1.82, 2.24) is 15.3 Å². The van der Waals surface area contributed by atoms with Crippen LogP contribution >= 0.6 is 0 Å². The first-order chi connectivity index (χ1) is 13.0. The van der Waals surface area contributed by atoms with Gasteiger partial charge in [0.05, 0.1) is 11.9 Å². The highest BCUT2D eigenvalue weighted by Crippen LogP contribution is 2.13. The number of nitrogens with two attached hydrogens (primary N) is 2. The second-order valence-electron chi connectivity index (χ2n) is 6.15. The van der Waals surface area contributed by atoms with Gasteiger partial charge in [-0.25, -0.2) is 14.4 Å². The third-order valence-corrected chi connectivity index (χ3v) is 4.06. The number of hydrogen-bond donors (Lipinski definition) is 3. The number of primary amides is 1. The molecule has 0 fully saturated rings. The van der Waals surface area contributed by atoms with E-state index in [-0.39, 0.29) is 17.3 Å². The van der Waals surface area contributed by atoms with Crippen molar-refractivity contribution >= 4 is 11.7 Å². The number of aromatic nitrogens is 2. The van der Waals surface area contributed by atoms with Crippen LogP contribution in [0.25, 0.3) is 0 Å². The number of hydrogen-bond acceptors (Lipinski definition) is 5. The summed E-state index contributed by atoms with van der Waals surface area (Å²) >= 11 is 0. The normalized spacial score (nSPS) is 10.7. The van der Waals surface area contributed by atoms with Crippen LogP contribution in [-0.2, 0) is 19.5 Å². The van der Waals surface area contributed by atoms with Crippen LogP contribution in [0.1, 0.15) is 32.9 Å². The number of carbonyl (C=O) groups excluding carboxylic acids is 1. The lowest BCUT2D eigenvalue weighted by atomic mass is 10.1. The predicted octanol–water partition coefficient (Wildman–Crippen LogP) is 2.18. The van der Waals surface area contributed by atoms with Gasteiger partial charge in [0.15, 0.2) is 11.5 Å². The number of anilines is 1. The summed E-state index contributed by atoms with van der Waals surface area (Å²) in [5.74, 6) is -0.892. The van der Waals surface area contributed by atoms with Gasteiger partial charge >= 0.3 is 0 Å². The minimum Gasteiger partial charge on any atom is -0.382 e. The van der Waals surface area contributed by atoms with E-state index in [4.69, 9.17) is 11.5 Å². The first kappa shape index (κ1) is 18.5. The molecule has 1 heterocycles. The monoisotopic (exact) mass is 365 g/mol. The van der Waals surface area contributed by atoms with E-state index in [1.54, 1.807) is 12.1 Å².